The Balaban J connectivity index is 3.15. The summed E-state index contributed by atoms with van der Waals surface area (Å²) >= 11 is 0. The van der Waals surface area contributed by atoms with Crippen molar-refractivity contribution in [2.45, 2.75) is 6.18 Å². The monoisotopic (exact) mass is 247 g/mol. The number of halogens is 3. The number of aromatic nitrogens is 2. The molecule has 0 N–H and O–H groups in total. The molecule has 0 fully saturated rings. The van der Waals surface area contributed by atoms with Crippen molar-refractivity contribution in [2.24, 2.45) is 7.05 Å². The number of allylic oxidation sites excluding steroid dienone is 1. The molecule has 7 heteroatoms. The zero-order valence-electron chi connectivity index (χ0n) is 9.67. The number of carbonyl (C=O) groups excluding carboxylic acids is 1. The Kier molecular flexibility index (Phi) is 3.30. The van der Waals surface area contributed by atoms with Crippen molar-refractivity contribution >= 4 is 5.78 Å². The lowest BCUT2D eigenvalue weighted by Crippen LogP contribution is -2.21. The van der Waals surface area contributed by atoms with Crippen molar-refractivity contribution in [2.75, 3.05) is 14.1 Å². The van der Waals surface area contributed by atoms with E-state index in [9.17, 15) is 18.0 Å². The molecule has 1 aromatic heterocycles. The Bertz CT molecular complexity index is 460. The summed E-state index contributed by atoms with van der Waals surface area (Å²) in [6.07, 6.45) is -3.67. The first-order chi connectivity index (χ1) is 7.66. The summed E-state index contributed by atoms with van der Waals surface area (Å²) < 4.78 is 38.1. The van der Waals surface area contributed by atoms with E-state index >= 15 is 0 Å². The van der Waals surface area contributed by atoms with Crippen LogP contribution >= 0.6 is 0 Å². The largest absolute Gasteiger partial charge is 0.449 e. The van der Waals surface area contributed by atoms with Gasteiger partial charge in [0.1, 0.15) is 5.69 Å². The van der Waals surface area contributed by atoms with Crippen LogP contribution in [0.5, 0.6) is 0 Å². The highest BCUT2D eigenvalue weighted by molar-refractivity contribution is 6.06. The molecule has 0 amide bonds. The van der Waals surface area contributed by atoms with Crippen LogP contribution < -0.4 is 0 Å². The van der Waals surface area contributed by atoms with Crippen LogP contribution in [-0.4, -0.2) is 34.3 Å². The van der Waals surface area contributed by atoms with Crippen LogP contribution in [0.4, 0.5) is 13.2 Å². The first-order valence-corrected chi connectivity index (χ1v) is 4.66. The smallest absolute Gasteiger partial charge is 0.375 e. The Morgan fingerprint density at radius 3 is 2.35 bits per heavy atom. The Morgan fingerprint density at radius 2 is 2.00 bits per heavy atom. The third-order valence-electron chi connectivity index (χ3n) is 2.28. The van der Waals surface area contributed by atoms with Crippen molar-refractivity contribution < 1.29 is 18.0 Å². The van der Waals surface area contributed by atoms with Crippen LogP contribution in [0.2, 0.25) is 0 Å². The third-order valence-corrected chi connectivity index (χ3v) is 2.28. The lowest BCUT2D eigenvalue weighted by Gasteiger charge is -2.14. The van der Waals surface area contributed by atoms with E-state index in [4.69, 9.17) is 0 Å². The number of ketones is 1. The van der Waals surface area contributed by atoms with Crippen LogP contribution in [0.3, 0.4) is 0 Å². The highest BCUT2D eigenvalue weighted by Gasteiger charge is 2.37. The molecule has 1 aromatic rings. The van der Waals surface area contributed by atoms with Crippen molar-refractivity contribution in [1.82, 2.24) is 14.5 Å². The standard InChI is InChI=1S/C10H12F3N3O/c1-6(15(2)3)8(17)7-5-14-9(16(7)4)10(11,12)13/h5H,1H2,2-4H3. The van der Waals surface area contributed by atoms with Crippen LogP contribution in [0, 0.1) is 0 Å². The first kappa shape index (κ1) is 13.3. The maximum atomic E-state index is 12.5. The molecule has 17 heavy (non-hydrogen) atoms. The number of imidazole rings is 1. The van der Waals surface area contributed by atoms with Crippen molar-refractivity contribution in [1.29, 1.82) is 0 Å². The molecule has 1 heterocycles. The van der Waals surface area contributed by atoms with E-state index in [0.29, 0.717) is 0 Å². The lowest BCUT2D eigenvalue weighted by atomic mass is 10.2. The molecular formula is C10H12F3N3O. The van der Waals surface area contributed by atoms with E-state index in [-0.39, 0.29) is 11.4 Å². The fourth-order valence-electron chi connectivity index (χ4n) is 1.23. The van der Waals surface area contributed by atoms with Crippen molar-refractivity contribution in [3.8, 4) is 0 Å². The number of hydrogen-bond donors (Lipinski definition) is 0. The van der Waals surface area contributed by atoms with Gasteiger partial charge in [-0.1, -0.05) is 6.58 Å². The van der Waals surface area contributed by atoms with Crippen molar-refractivity contribution in [3.05, 3.63) is 30.0 Å². The van der Waals surface area contributed by atoms with Gasteiger partial charge in [0.2, 0.25) is 11.6 Å². The second-order valence-electron chi connectivity index (χ2n) is 3.69. The summed E-state index contributed by atoms with van der Waals surface area (Å²) in [6, 6.07) is 0. The van der Waals surface area contributed by atoms with E-state index in [0.717, 1.165) is 17.8 Å². The van der Waals surface area contributed by atoms with Gasteiger partial charge in [-0.05, 0) is 0 Å². The molecule has 4 nitrogen and oxygen atoms in total. The second kappa shape index (κ2) is 4.23. The molecule has 0 atom stereocenters. The second-order valence-corrected chi connectivity index (χ2v) is 3.69. The van der Waals surface area contributed by atoms with Gasteiger partial charge < -0.3 is 9.47 Å². The van der Waals surface area contributed by atoms with E-state index in [1.54, 1.807) is 14.1 Å². The minimum absolute atomic E-state index is 0.0988. The van der Waals surface area contributed by atoms with Gasteiger partial charge in [0.15, 0.2) is 0 Å². The minimum Gasteiger partial charge on any atom is -0.375 e. The molecule has 0 spiro atoms. The van der Waals surface area contributed by atoms with Crippen LogP contribution in [-0.2, 0) is 13.2 Å². The highest BCUT2D eigenvalue weighted by Crippen LogP contribution is 2.28. The summed E-state index contributed by atoms with van der Waals surface area (Å²) in [4.78, 5) is 16.4. The summed E-state index contributed by atoms with van der Waals surface area (Å²) in [5.74, 6) is -1.69. The number of carbonyl (C=O) groups is 1. The van der Waals surface area contributed by atoms with Gasteiger partial charge in [-0.3, -0.25) is 4.79 Å². The Morgan fingerprint density at radius 1 is 1.47 bits per heavy atom. The zero-order chi connectivity index (χ0) is 13.4. The van der Waals surface area contributed by atoms with Crippen LogP contribution in [0.15, 0.2) is 18.5 Å². The van der Waals surface area contributed by atoms with E-state index in [2.05, 4.69) is 11.6 Å². The maximum Gasteiger partial charge on any atom is 0.449 e. The molecule has 0 saturated carbocycles. The predicted molar refractivity (Wildman–Crippen MR) is 55.4 cm³/mol. The third kappa shape index (κ3) is 2.48. The molecular weight excluding hydrogens is 235 g/mol. The molecule has 94 valence electrons. The molecule has 0 bridgehead atoms. The fourth-order valence-corrected chi connectivity index (χ4v) is 1.23. The predicted octanol–water partition coefficient (Wildman–Crippen LogP) is 1.70. The molecule has 0 aliphatic rings. The Hall–Kier alpha value is -1.79. The topological polar surface area (TPSA) is 38.1 Å². The number of Topliss-reactive ketones (excluding diaryl/α,β-unsaturated/α-hetero) is 1. The van der Waals surface area contributed by atoms with Crippen LogP contribution in [0.25, 0.3) is 0 Å². The maximum absolute atomic E-state index is 12.5. The summed E-state index contributed by atoms with van der Waals surface area (Å²) in [7, 11) is 4.31. The first-order valence-electron chi connectivity index (χ1n) is 4.66. The number of alkyl halides is 3. The molecule has 0 unspecified atom stereocenters. The van der Waals surface area contributed by atoms with Gasteiger partial charge in [-0.15, -0.1) is 0 Å². The van der Waals surface area contributed by atoms with Gasteiger partial charge in [-0.2, -0.15) is 13.2 Å². The molecule has 0 radical (unpaired) electrons. The quantitative estimate of drug-likeness (QED) is 0.602. The minimum atomic E-state index is -4.58. The van der Waals surface area contributed by atoms with Gasteiger partial charge in [0.05, 0.1) is 11.9 Å². The highest BCUT2D eigenvalue weighted by atomic mass is 19.4. The fraction of sp³-hybridized carbons (Fsp3) is 0.400. The van der Waals surface area contributed by atoms with Gasteiger partial charge in [-0.25, -0.2) is 4.98 Å². The van der Waals surface area contributed by atoms with Gasteiger partial charge >= 0.3 is 6.18 Å². The Labute approximate surface area is 96.4 Å². The summed E-state index contributed by atoms with van der Waals surface area (Å²) in [6.45, 7) is 3.50. The van der Waals surface area contributed by atoms with Gasteiger partial charge in [0.25, 0.3) is 0 Å². The summed E-state index contributed by atoms with van der Waals surface area (Å²) in [5, 5.41) is 0. The molecule has 0 saturated heterocycles. The number of nitrogens with zero attached hydrogens (tertiary/aromatic N) is 3. The molecule has 0 aliphatic carbocycles. The molecule has 0 aliphatic heterocycles. The van der Waals surface area contributed by atoms with E-state index in [1.807, 2.05) is 0 Å². The average Bonchev–Trinajstić information content (AvgIpc) is 2.57. The lowest BCUT2D eigenvalue weighted by molar-refractivity contribution is -0.146. The van der Waals surface area contributed by atoms with Gasteiger partial charge in [0, 0.05) is 21.1 Å². The SMILES string of the molecule is C=C(C(=O)c1cnc(C(F)(F)F)n1C)N(C)C. The van der Waals surface area contributed by atoms with Crippen LogP contribution in [0.1, 0.15) is 16.3 Å². The molecule has 0 aromatic carbocycles. The van der Waals surface area contributed by atoms with E-state index < -0.39 is 17.8 Å². The number of hydrogen-bond acceptors (Lipinski definition) is 3. The zero-order valence-corrected chi connectivity index (χ0v) is 9.67. The van der Waals surface area contributed by atoms with E-state index in [1.165, 1.54) is 4.90 Å². The number of rotatable bonds is 3. The number of likely N-dealkylation sites (N-methyl/N-ethyl adjacent to an activating group) is 1. The van der Waals surface area contributed by atoms with Crippen molar-refractivity contribution in [3.63, 3.8) is 0 Å². The average molecular weight is 247 g/mol. The normalized spacial score (nSPS) is 11.4. The molecule has 1 rings (SSSR count). The summed E-state index contributed by atoms with van der Waals surface area (Å²) in [5.41, 5.74) is -0.0438.